The molecule has 0 aliphatic carbocycles. The zero-order valence-corrected chi connectivity index (χ0v) is 19.2. The van der Waals surface area contributed by atoms with Crippen LogP contribution in [0.5, 0.6) is 0 Å². The quantitative estimate of drug-likeness (QED) is 0.334. The number of aromatic nitrogens is 1. The minimum Gasteiger partial charge on any atom is -0.465 e. The number of carbonyl (C=O) groups excluding carboxylic acids is 2. The molecule has 0 radical (unpaired) electrons. The maximum absolute atomic E-state index is 12.8. The van der Waals surface area contributed by atoms with Gasteiger partial charge in [-0.3, -0.25) is 4.79 Å². The van der Waals surface area contributed by atoms with Crippen LogP contribution >= 0.6 is 0 Å². The second-order valence-corrected chi connectivity index (χ2v) is 7.96. The van der Waals surface area contributed by atoms with Gasteiger partial charge in [-0.25, -0.2) is 9.78 Å². The molecule has 0 N–H and O–H groups in total. The second-order valence-electron chi connectivity index (χ2n) is 7.96. The van der Waals surface area contributed by atoms with Crippen LogP contribution in [0.4, 0.5) is 0 Å². The topological polar surface area (TPSA) is 72.6 Å². The normalized spacial score (nSPS) is 10.6. The molecule has 3 aromatic carbocycles. The average Bonchev–Trinajstić information content (AvgIpc) is 3.32. The predicted molar refractivity (Wildman–Crippen MR) is 130 cm³/mol. The van der Waals surface area contributed by atoms with Crippen molar-refractivity contribution in [3.05, 3.63) is 102 Å². The van der Waals surface area contributed by atoms with Gasteiger partial charge in [0.15, 0.2) is 11.7 Å². The third-order valence-corrected chi connectivity index (χ3v) is 5.53. The second kappa shape index (κ2) is 10.6. The van der Waals surface area contributed by atoms with Gasteiger partial charge in [-0.15, -0.1) is 0 Å². The Hall–Kier alpha value is -4.19. The Morgan fingerprint density at radius 2 is 1.50 bits per heavy atom. The smallest absolute Gasteiger partial charge is 0.337 e. The molecule has 4 rings (SSSR count). The molecule has 0 aliphatic rings. The Morgan fingerprint density at radius 3 is 2.12 bits per heavy atom. The molecule has 1 amide bonds. The van der Waals surface area contributed by atoms with E-state index in [1.165, 1.54) is 7.11 Å². The van der Waals surface area contributed by atoms with E-state index >= 15 is 0 Å². The average molecular weight is 455 g/mol. The molecular weight excluding hydrogens is 428 g/mol. The van der Waals surface area contributed by atoms with Gasteiger partial charge in [-0.1, -0.05) is 72.8 Å². The van der Waals surface area contributed by atoms with Crippen LogP contribution in [0.25, 0.3) is 22.6 Å². The highest BCUT2D eigenvalue weighted by molar-refractivity contribution is 5.89. The third kappa shape index (κ3) is 5.41. The number of esters is 1. The first kappa shape index (κ1) is 23.0. The van der Waals surface area contributed by atoms with E-state index in [0.29, 0.717) is 30.2 Å². The number of aryl methyl sites for hydroxylation is 1. The van der Waals surface area contributed by atoms with Crippen molar-refractivity contribution in [3.63, 3.8) is 0 Å². The van der Waals surface area contributed by atoms with Crippen LogP contribution in [0.15, 0.2) is 89.3 Å². The van der Waals surface area contributed by atoms with Gasteiger partial charge in [0, 0.05) is 37.6 Å². The van der Waals surface area contributed by atoms with E-state index in [1.807, 2.05) is 72.8 Å². The van der Waals surface area contributed by atoms with Crippen molar-refractivity contribution in [2.24, 2.45) is 0 Å². The third-order valence-electron chi connectivity index (χ3n) is 5.53. The van der Waals surface area contributed by atoms with Crippen LogP contribution in [0.1, 0.15) is 28.2 Å². The first-order chi connectivity index (χ1) is 16.5. The summed E-state index contributed by atoms with van der Waals surface area (Å²) in [5, 5.41) is 0. The molecule has 1 aromatic heterocycles. The lowest BCUT2D eigenvalue weighted by Crippen LogP contribution is -2.26. The summed E-state index contributed by atoms with van der Waals surface area (Å²) >= 11 is 0. The molecule has 0 fully saturated rings. The molecule has 0 saturated heterocycles. The number of methoxy groups -OCH3 is 1. The van der Waals surface area contributed by atoms with Crippen molar-refractivity contribution >= 4 is 11.9 Å². The van der Waals surface area contributed by atoms with E-state index in [9.17, 15) is 9.59 Å². The van der Waals surface area contributed by atoms with E-state index in [2.05, 4.69) is 0 Å². The highest BCUT2D eigenvalue weighted by Crippen LogP contribution is 2.32. The van der Waals surface area contributed by atoms with E-state index < -0.39 is 0 Å². The van der Waals surface area contributed by atoms with Gasteiger partial charge in [0.2, 0.25) is 5.91 Å². The van der Waals surface area contributed by atoms with Crippen molar-refractivity contribution in [2.75, 3.05) is 14.2 Å². The molecule has 0 aliphatic heterocycles. The SMILES string of the molecule is COC(=O)c1ccc(CN(C)C(=O)CCc2nc(-c3ccccc3)c(-c3ccccc3)o2)cc1. The molecule has 172 valence electrons. The number of benzene rings is 3. The fourth-order valence-corrected chi connectivity index (χ4v) is 3.68. The summed E-state index contributed by atoms with van der Waals surface area (Å²) in [6.45, 7) is 0.441. The summed E-state index contributed by atoms with van der Waals surface area (Å²) in [6.07, 6.45) is 0.677. The van der Waals surface area contributed by atoms with Crippen molar-refractivity contribution in [3.8, 4) is 22.6 Å². The number of hydrogen-bond acceptors (Lipinski definition) is 5. The minimum atomic E-state index is -0.383. The summed E-state index contributed by atoms with van der Waals surface area (Å²) in [5.74, 6) is 0.833. The van der Waals surface area contributed by atoms with E-state index in [-0.39, 0.29) is 18.3 Å². The number of oxazole rings is 1. The summed E-state index contributed by atoms with van der Waals surface area (Å²) in [5.41, 5.74) is 4.09. The van der Waals surface area contributed by atoms with E-state index in [1.54, 1.807) is 24.1 Å². The van der Waals surface area contributed by atoms with Crippen molar-refractivity contribution in [1.82, 2.24) is 9.88 Å². The molecule has 0 spiro atoms. The predicted octanol–water partition coefficient (Wildman–Crippen LogP) is 5.39. The van der Waals surface area contributed by atoms with Gasteiger partial charge in [0.05, 0.1) is 12.7 Å². The molecule has 4 aromatic rings. The van der Waals surface area contributed by atoms with Crippen molar-refractivity contribution < 1.29 is 18.7 Å². The first-order valence-corrected chi connectivity index (χ1v) is 11.1. The number of carbonyl (C=O) groups is 2. The van der Waals surface area contributed by atoms with Gasteiger partial charge in [-0.05, 0) is 17.7 Å². The van der Waals surface area contributed by atoms with Crippen LogP contribution < -0.4 is 0 Å². The molecule has 0 atom stereocenters. The van der Waals surface area contributed by atoms with Gasteiger partial charge in [0.1, 0.15) is 5.69 Å². The van der Waals surface area contributed by atoms with E-state index in [0.717, 1.165) is 22.4 Å². The van der Waals surface area contributed by atoms with Gasteiger partial charge in [-0.2, -0.15) is 0 Å². The lowest BCUT2D eigenvalue weighted by molar-refractivity contribution is -0.130. The molecule has 1 heterocycles. The molecule has 0 saturated carbocycles. The number of amides is 1. The zero-order valence-electron chi connectivity index (χ0n) is 19.2. The van der Waals surface area contributed by atoms with Gasteiger partial charge in [0.25, 0.3) is 0 Å². The van der Waals surface area contributed by atoms with Crippen LogP contribution in [0, 0.1) is 0 Å². The molecule has 0 bridgehead atoms. The largest absolute Gasteiger partial charge is 0.465 e. The van der Waals surface area contributed by atoms with Gasteiger partial charge >= 0.3 is 5.97 Å². The number of rotatable bonds is 8. The number of ether oxygens (including phenoxy) is 1. The molecular formula is C28H26N2O4. The monoisotopic (exact) mass is 454 g/mol. The Morgan fingerprint density at radius 1 is 0.882 bits per heavy atom. The summed E-state index contributed by atoms with van der Waals surface area (Å²) < 4.78 is 10.8. The summed E-state index contributed by atoms with van der Waals surface area (Å²) in [6, 6.07) is 26.8. The Labute approximate surface area is 198 Å². The maximum atomic E-state index is 12.8. The van der Waals surface area contributed by atoms with Gasteiger partial charge < -0.3 is 14.1 Å². The first-order valence-electron chi connectivity index (χ1n) is 11.1. The fraction of sp³-hybridized carbons (Fsp3) is 0.179. The Kier molecular flexibility index (Phi) is 7.18. The summed E-state index contributed by atoms with van der Waals surface area (Å²) in [7, 11) is 3.11. The Bertz CT molecular complexity index is 1190. The highest BCUT2D eigenvalue weighted by Gasteiger charge is 2.18. The Balaban J connectivity index is 1.44. The lowest BCUT2D eigenvalue weighted by Gasteiger charge is -2.17. The standard InChI is InChI=1S/C28H26N2O4/c1-30(19-20-13-15-23(16-14-20)28(32)33-2)25(31)18-17-24-29-26(21-9-5-3-6-10-21)27(34-24)22-11-7-4-8-12-22/h3-16H,17-19H2,1-2H3. The number of hydrogen-bond donors (Lipinski definition) is 0. The summed E-state index contributed by atoms with van der Waals surface area (Å²) in [4.78, 5) is 30.7. The van der Waals surface area contributed by atoms with Crippen molar-refractivity contribution in [2.45, 2.75) is 19.4 Å². The minimum absolute atomic E-state index is 0.0160. The maximum Gasteiger partial charge on any atom is 0.337 e. The molecule has 6 nitrogen and oxygen atoms in total. The molecule has 0 unspecified atom stereocenters. The van der Waals surface area contributed by atoms with Crippen molar-refractivity contribution in [1.29, 1.82) is 0 Å². The van der Waals surface area contributed by atoms with Crippen LogP contribution in [-0.2, 0) is 22.5 Å². The number of nitrogens with zero attached hydrogens (tertiary/aromatic N) is 2. The molecule has 34 heavy (non-hydrogen) atoms. The van der Waals surface area contributed by atoms with Crippen LogP contribution in [0.2, 0.25) is 0 Å². The fourth-order valence-electron chi connectivity index (χ4n) is 3.68. The van der Waals surface area contributed by atoms with Crippen LogP contribution in [-0.4, -0.2) is 35.9 Å². The molecule has 6 heteroatoms. The lowest BCUT2D eigenvalue weighted by atomic mass is 10.1. The van der Waals surface area contributed by atoms with E-state index in [4.69, 9.17) is 14.1 Å². The zero-order chi connectivity index (χ0) is 23.9. The van der Waals surface area contributed by atoms with Crippen LogP contribution in [0.3, 0.4) is 0 Å². The highest BCUT2D eigenvalue weighted by atomic mass is 16.5.